The fourth-order valence-electron chi connectivity index (χ4n) is 2.17. The molecule has 2 rings (SSSR count). The van der Waals surface area contributed by atoms with Crippen molar-refractivity contribution < 1.29 is 4.39 Å². The van der Waals surface area contributed by atoms with Crippen LogP contribution in [0.4, 0.5) is 4.39 Å². The second kappa shape index (κ2) is 6.99. The lowest BCUT2D eigenvalue weighted by Crippen LogP contribution is -2.19. The van der Waals surface area contributed by atoms with Crippen LogP contribution < -0.4 is 5.32 Å². The fraction of sp³-hybridized carbons (Fsp3) is 0.400. The molecule has 1 heterocycles. The molecule has 0 fully saturated rings. The largest absolute Gasteiger partial charge is 0.311 e. The van der Waals surface area contributed by atoms with Gasteiger partial charge in [-0.25, -0.2) is 4.39 Å². The molecule has 0 radical (unpaired) electrons. The maximum absolute atomic E-state index is 13.5. The highest BCUT2D eigenvalue weighted by Gasteiger charge is 2.11. The van der Waals surface area contributed by atoms with Crippen molar-refractivity contribution in [2.24, 2.45) is 0 Å². The smallest absolute Gasteiger partial charge is 0.126 e. The van der Waals surface area contributed by atoms with Crippen molar-refractivity contribution in [2.75, 3.05) is 6.54 Å². The molecule has 1 aromatic carbocycles. The number of halogens is 2. The number of aromatic nitrogens is 2. The van der Waals surface area contributed by atoms with E-state index in [1.165, 1.54) is 6.07 Å². The Morgan fingerprint density at radius 2 is 2.10 bits per heavy atom. The molecule has 0 saturated heterocycles. The Labute approximate surface area is 127 Å². The predicted molar refractivity (Wildman–Crippen MR) is 82.1 cm³/mol. The number of nitrogens with one attached hydrogen (secondary N) is 1. The van der Waals surface area contributed by atoms with Gasteiger partial charge in [0.25, 0.3) is 0 Å². The molecular formula is C15H19BrFN3. The summed E-state index contributed by atoms with van der Waals surface area (Å²) in [6, 6.07) is 6.91. The van der Waals surface area contributed by atoms with E-state index in [1.54, 1.807) is 6.07 Å². The minimum absolute atomic E-state index is 0.134. The first-order chi connectivity index (χ1) is 9.63. The quantitative estimate of drug-likeness (QED) is 0.817. The van der Waals surface area contributed by atoms with Gasteiger partial charge in [0.1, 0.15) is 5.82 Å². The maximum atomic E-state index is 13.5. The number of aryl methyl sites for hydroxylation is 2. The number of hydrogen-bond donors (Lipinski definition) is 1. The second-order valence-electron chi connectivity index (χ2n) is 4.68. The third-order valence-electron chi connectivity index (χ3n) is 3.27. The molecule has 108 valence electrons. The highest BCUT2D eigenvalue weighted by atomic mass is 79.9. The Morgan fingerprint density at radius 3 is 2.80 bits per heavy atom. The average molecular weight is 340 g/mol. The highest BCUT2D eigenvalue weighted by Crippen LogP contribution is 2.20. The molecule has 1 aromatic heterocycles. The molecule has 5 heteroatoms. The lowest BCUT2D eigenvalue weighted by atomic mass is 10.1. The van der Waals surface area contributed by atoms with Crippen molar-refractivity contribution >= 4 is 15.9 Å². The Balaban J connectivity index is 1.89. The van der Waals surface area contributed by atoms with Crippen molar-refractivity contribution in [1.29, 1.82) is 0 Å². The number of hydrogen-bond acceptors (Lipinski definition) is 2. The molecule has 0 spiro atoms. The summed E-state index contributed by atoms with van der Waals surface area (Å²) in [4.78, 5) is 0. The van der Waals surface area contributed by atoms with E-state index >= 15 is 0 Å². The van der Waals surface area contributed by atoms with Gasteiger partial charge in [-0.15, -0.1) is 0 Å². The molecule has 3 nitrogen and oxygen atoms in total. The molecule has 0 aliphatic rings. The molecule has 1 N–H and O–H groups in total. The molecule has 0 amide bonds. The maximum Gasteiger partial charge on any atom is 0.126 e. The zero-order valence-electron chi connectivity index (χ0n) is 11.8. The van der Waals surface area contributed by atoms with Gasteiger partial charge in [-0.05, 0) is 54.4 Å². The van der Waals surface area contributed by atoms with E-state index in [2.05, 4.69) is 33.3 Å². The summed E-state index contributed by atoms with van der Waals surface area (Å²) in [6.45, 7) is 6.36. The fourth-order valence-corrected chi connectivity index (χ4v) is 2.59. The Kier molecular flexibility index (Phi) is 5.31. The Hall–Kier alpha value is -1.20. The molecule has 0 bridgehead atoms. The van der Waals surface area contributed by atoms with Crippen molar-refractivity contribution in [3.63, 3.8) is 0 Å². The van der Waals surface area contributed by atoms with Gasteiger partial charge in [0.05, 0.1) is 15.9 Å². The van der Waals surface area contributed by atoms with Gasteiger partial charge < -0.3 is 5.32 Å². The van der Waals surface area contributed by atoms with E-state index in [0.717, 1.165) is 41.1 Å². The van der Waals surface area contributed by atoms with Crippen LogP contribution in [0.3, 0.4) is 0 Å². The molecule has 0 aliphatic carbocycles. The first-order valence-corrected chi connectivity index (χ1v) is 7.58. The van der Waals surface area contributed by atoms with Crippen LogP contribution >= 0.6 is 15.9 Å². The van der Waals surface area contributed by atoms with Crippen LogP contribution in [0, 0.1) is 12.7 Å². The summed E-state index contributed by atoms with van der Waals surface area (Å²) in [5.74, 6) is -0.134. The second-order valence-corrected chi connectivity index (χ2v) is 5.47. The van der Waals surface area contributed by atoms with Crippen LogP contribution in [-0.4, -0.2) is 16.3 Å². The molecule has 0 saturated carbocycles. The number of benzene rings is 1. The number of rotatable bonds is 6. The van der Waals surface area contributed by atoms with E-state index in [4.69, 9.17) is 0 Å². The van der Waals surface area contributed by atoms with E-state index in [-0.39, 0.29) is 5.82 Å². The molecule has 2 aromatic rings. The first kappa shape index (κ1) is 15.2. The van der Waals surface area contributed by atoms with Crippen LogP contribution in [0.5, 0.6) is 0 Å². The van der Waals surface area contributed by atoms with Gasteiger partial charge >= 0.3 is 0 Å². The van der Waals surface area contributed by atoms with Crippen LogP contribution in [0.25, 0.3) is 0 Å². The van der Waals surface area contributed by atoms with Crippen LogP contribution in [0.15, 0.2) is 28.7 Å². The predicted octanol–water partition coefficient (Wildman–Crippen LogP) is 3.45. The molecule has 20 heavy (non-hydrogen) atoms. The molecule has 0 unspecified atom stereocenters. The first-order valence-electron chi connectivity index (χ1n) is 6.79. The van der Waals surface area contributed by atoms with Crippen LogP contribution in [-0.2, 0) is 19.5 Å². The third kappa shape index (κ3) is 3.46. The van der Waals surface area contributed by atoms with Gasteiger partial charge in [0.2, 0.25) is 0 Å². The average Bonchev–Trinajstić information content (AvgIpc) is 2.72. The SMILES string of the molecule is CCn1nc(C)c(Br)c1CNCCc1ccccc1F. The summed E-state index contributed by atoms with van der Waals surface area (Å²) >= 11 is 3.57. The van der Waals surface area contributed by atoms with Gasteiger partial charge in [-0.3, -0.25) is 4.68 Å². The van der Waals surface area contributed by atoms with E-state index in [9.17, 15) is 4.39 Å². The summed E-state index contributed by atoms with van der Waals surface area (Å²) in [5, 5.41) is 7.80. The van der Waals surface area contributed by atoms with Crippen molar-refractivity contribution in [2.45, 2.75) is 33.4 Å². The van der Waals surface area contributed by atoms with Crippen molar-refractivity contribution in [1.82, 2.24) is 15.1 Å². The Bertz CT molecular complexity index is 580. The zero-order valence-corrected chi connectivity index (χ0v) is 13.4. The van der Waals surface area contributed by atoms with Crippen LogP contribution in [0.2, 0.25) is 0 Å². The van der Waals surface area contributed by atoms with Crippen molar-refractivity contribution in [3.8, 4) is 0 Å². The minimum atomic E-state index is -0.134. The van der Waals surface area contributed by atoms with E-state index in [0.29, 0.717) is 6.42 Å². The van der Waals surface area contributed by atoms with Gasteiger partial charge in [-0.2, -0.15) is 5.10 Å². The normalized spacial score (nSPS) is 11.0. The summed E-state index contributed by atoms with van der Waals surface area (Å²) in [6.07, 6.45) is 0.684. The van der Waals surface area contributed by atoms with Gasteiger partial charge in [0, 0.05) is 13.1 Å². The van der Waals surface area contributed by atoms with Crippen molar-refractivity contribution in [3.05, 3.63) is 51.5 Å². The summed E-state index contributed by atoms with van der Waals surface area (Å²) in [7, 11) is 0. The van der Waals surface area contributed by atoms with E-state index < -0.39 is 0 Å². The van der Waals surface area contributed by atoms with Crippen LogP contribution in [0.1, 0.15) is 23.9 Å². The molecule has 0 atom stereocenters. The number of nitrogens with zero attached hydrogens (tertiary/aromatic N) is 2. The Morgan fingerprint density at radius 1 is 1.35 bits per heavy atom. The van der Waals surface area contributed by atoms with Gasteiger partial charge in [0.15, 0.2) is 0 Å². The van der Waals surface area contributed by atoms with E-state index in [1.807, 2.05) is 23.7 Å². The minimum Gasteiger partial charge on any atom is -0.311 e. The molecule has 0 aliphatic heterocycles. The standard InChI is InChI=1S/C15H19BrFN3/c1-3-20-14(15(16)11(2)19-20)10-18-9-8-12-6-4-5-7-13(12)17/h4-7,18H,3,8-10H2,1-2H3. The summed E-state index contributed by atoms with van der Waals surface area (Å²) in [5.41, 5.74) is 2.88. The lowest BCUT2D eigenvalue weighted by molar-refractivity contribution is 0.569. The lowest BCUT2D eigenvalue weighted by Gasteiger charge is -2.08. The molecular weight excluding hydrogens is 321 g/mol. The third-order valence-corrected chi connectivity index (χ3v) is 4.31. The topological polar surface area (TPSA) is 29.9 Å². The summed E-state index contributed by atoms with van der Waals surface area (Å²) < 4.78 is 16.5. The zero-order chi connectivity index (χ0) is 14.5. The highest BCUT2D eigenvalue weighted by molar-refractivity contribution is 9.10. The van der Waals surface area contributed by atoms with Gasteiger partial charge in [-0.1, -0.05) is 18.2 Å². The monoisotopic (exact) mass is 339 g/mol.